The van der Waals surface area contributed by atoms with Gasteiger partial charge in [-0.2, -0.15) is 5.10 Å². The third-order valence-electron chi connectivity index (χ3n) is 4.05. The second-order valence-corrected chi connectivity index (χ2v) is 6.81. The average molecular weight is 319 g/mol. The lowest BCUT2D eigenvalue weighted by molar-refractivity contribution is 0.0917. The van der Waals surface area contributed by atoms with Crippen molar-refractivity contribution in [1.29, 1.82) is 0 Å². The Kier molecular flexibility index (Phi) is 4.59. The van der Waals surface area contributed by atoms with Crippen molar-refractivity contribution in [3.05, 3.63) is 39.8 Å². The van der Waals surface area contributed by atoms with Crippen LogP contribution in [0, 0.1) is 0 Å². The third kappa shape index (κ3) is 3.23. The second-order valence-electron chi connectivity index (χ2n) is 5.83. The fraction of sp³-hybridized carbons (Fsp3) is 0.500. The van der Waals surface area contributed by atoms with Crippen molar-refractivity contribution < 1.29 is 9.90 Å². The van der Waals surface area contributed by atoms with Crippen molar-refractivity contribution in [3.63, 3.8) is 0 Å². The highest BCUT2D eigenvalue weighted by molar-refractivity contribution is 7.10. The third-order valence-corrected chi connectivity index (χ3v) is 5.03. The summed E-state index contributed by atoms with van der Waals surface area (Å²) in [5.41, 5.74) is 1.71. The van der Waals surface area contributed by atoms with E-state index in [2.05, 4.69) is 10.4 Å². The van der Waals surface area contributed by atoms with Crippen LogP contribution in [0.1, 0.15) is 53.2 Å². The van der Waals surface area contributed by atoms with E-state index in [0.717, 1.165) is 36.4 Å². The van der Waals surface area contributed by atoms with Gasteiger partial charge in [-0.3, -0.25) is 9.48 Å². The van der Waals surface area contributed by atoms with E-state index in [0.29, 0.717) is 12.0 Å². The molecule has 0 saturated carbocycles. The molecule has 5 nitrogen and oxygen atoms in total. The summed E-state index contributed by atoms with van der Waals surface area (Å²) in [6.07, 6.45) is 4.79. The Balaban J connectivity index is 1.60. The Hall–Kier alpha value is -1.66. The number of aromatic nitrogens is 2. The summed E-state index contributed by atoms with van der Waals surface area (Å²) in [5, 5.41) is 19.4. The van der Waals surface area contributed by atoms with Gasteiger partial charge in [0.25, 0.3) is 5.91 Å². The molecular formula is C16H21N3O2S. The molecule has 6 heteroatoms. The Bertz CT molecular complexity index is 636. The van der Waals surface area contributed by atoms with Crippen LogP contribution in [0.2, 0.25) is 0 Å². The van der Waals surface area contributed by atoms with E-state index >= 15 is 0 Å². The minimum atomic E-state index is -0.531. The molecular weight excluding hydrogens is 298 g/mol. The monoisotopic (exact) mass is 319 g/mol. The predicted octanol–water partition coefficient (Wildman–Crippen LogP) is 2.52. The highest BCUT2D eigenvalue weighted by Crippen LogP contribution is 2.23. The first-order valence-electron chi connectivity index (χ1n) is 7.72. The summed E-state index contributed by atoms with van der Waals surface area (Å²) in [7, 11) is 0. The van der Waals surface area contributed by atoms with Crippen LogP contribution in [0.3, 0.4) is 0 Å². The predicted molar refractivity (Wildman–Crippen MR) is 86.0 cm³/mol. The number of amides is 1. The molecule has 0 unspecified atom stereocenters. The van der Waals surface area contributed by atoms with Crippen LogP contribution in [0.4, 0.5) is 0 Å². The Morgan fingerprint density at radius 1 is 1.55 bits per heavy atom. The van der Waals surface area contributed by atoms with Crippen LogP contribution in [0.25, 0.3) is 0 Å². The molecule has 2 atom stereocenters. The lowest BCUT2D eigenvalue weighted by Crippen LogP contribution is -2.34. The molecule has 2 aromatic heterocycles. The molecule has 1 amide bonds. The Morgan fingerprint density at radius 3 is 3.18 bits per heavy atom. The van der Waals surface area contributed by atoms with Crippen LogP contribution >= 0.6 is 11.3 Å². The number of rotatable bonds is 5. The number of carbonyl (C=O) groups excluding carboxylic acids is 1. The van der Waals surface area contributed by atoms with E-state index in [1.807, 2.05) is 29.1 Å². The molecule has 0 fully saturated rings. The molecule has 2 aromatic rings. The molecule has 118 valence electrons. The minimum Gasteiger partial charge on any atom is -0.387 e. The molecule has 1 aliphatic rings. The minimum absolute atomic E-state index is 0.0889. The molecule has 0 bridgehead atoms. The topological polar surface area (TPSA) is 67.2 Å². The molecule has 3 rings (SSSR count). The molecule has 1 aliphatic heterocycles. The van der Waals surface area contributed by atoms with Gasteiger partial charge in [0.15, 0.2) is 0 Å². The van der Waals surface area contributed by atoms with Gasteiger partial charge in [-0.1, -0.05) is 6.07 Å². The average Bonchev–Trinajstić information content (AvgIpc) is 3.16. The highest BCUT2D eigenvalue weighted by Gasteiger charge is 2.22. The second kappa shape index (κ2) is 6.62. The van der Waals surface area contributed by atoms with Gasteiger partial charge in [0.05, 0.1) is 23.6 Å². The highest BCUT2D eigenvalue weighted by atomic mass is 32.1. The normalized spacial score (nSPS) is 16.8. The van der Waals surface area contributed by atoms with Crippen molar-refractivity contribution in [1.82, 2.24) is 15.1 Å². The van der Waals surface area contributed by atoms with E-state index in [9.17, 15) is 9.90 Å². The SMILES string of the molecule is C[C@H](C[C@@H](O)c1cccs1)NC(=O)c1cnn2c1CCCC2. The maximum atomic E-state index is 12.4. The summed E-state index contributed by atoms with van der Waals surface area (Å²) in [4.78, 5) is 13.3. The number of hydrogen-bond acceptors (Lipinski definition) is 4. The van der Waals surface area contributed by atoms with Gasteiger partial charge in [-0.25, -0.2) is 0 Å². The lowest BCUT2D eigenvalue weighted by Gasteiger charge is -2.18. The van der Waals surface area contributed by atoms with E-state index in [4.69, 9.17) is 0 Å². The summed E-state index contributed by atoms with van der Waals surface area (Å²) >= 11 is 1.53. The number of aryl methyl sites for hydroxylation is 1. The van der Waals surface area contributed by atoms with Gasteiger partial charge in [0.1, 0.15) is 0 Å². The number of nitrogens with one attached hydrogen (secondary N) is 1. The van der Waals surface area contributed by atoms with Crippen molar-refractivity contribution >= 4 is 17.2 Å². The van der Waals surface area contributed by atoms with Gasteiger partial charge in [0.2, 0.25) is 0 Å². The van der Waals surface area contributed by atoms with Crippen LogP contribution in [-0.4, -0.2) is 26.8 Å². The molecule has 3 heterocycles. The number of thiophene rings is 1. The molecule has 0 saturated heterocycles. The van der Waals surface area contributed by atoms with Crippen molar-refractivity contribution in [2.75, 3.05) is 0 Å². The largest absolute Gasteiger partial charge is 0.387 e. The molecule has 0 spiro atoms. The van der Waals surface area contributed by atoms with Crippen LogP contribution in [-0.2, 0) is 13.0 Å². The summed E-state index contributed by atoms with van der Waals surface area (Å²) in [5.74, 6) is -0.0889. The number of hydrogen-bond donors (Lipinski definition) is 2. The summed E-state index contributed by atoms with van der Waals surface area (Å²) in [6.45, 7) is 2.82. The number of aliphatic hydroxyl groups is 1. The van der Waals surface area contributed by atoms with Gasteiger partial charge >= 0.3 is 0 Å². The first-order valence-corrected chi connectivity index (χ1v) is 8.60. The summed E-state index contributed by atoms with van der Waals surface area (Å²) < 4.78 is 1.93. The van der Waals surface area contributed by atoms with Crippen molar-refractivity contribution in [3.8, 4) is 0 Å². The fourth-order valence-corrected chi connectivity index (χ4v) is 3.63. The van der Waals surface area contributed by atoms with Gasteiger partial charge in [-0.15, -0.1) is 11.3 Å². The van der Waals surface area contributed by atoms with Crippen LogP contribution < -0.4 is 5.32 Å². The Labute approximate surface area is 134 Å². The van der Waals surface area contributed by atoms with E-state index in [1.165, 1.54) is 11.3 Å². The number of nitrogens with zero attached hydrogens (tertiary/aromatic N) is 2. The van der Waals surface area contributed by atoms with Gasteiger partial charge in [0, 0.05) is 17.5 Å². The molecule has 0 radical (unpaired) electrons. The smallest absolute Gasteiger partial charge is 0.254 e. The molecule has 22 heavy (non-hydrogen) atoms. The van der Waals surface area contributed by atoms with E-state index < -0.39 is 6.10 Å². The maximum absolute atomic E-state index is 12.4. The van der Waals surface area contributed by atoms with Crippen molar-refractivity contribution in [2.24, 2.45) is 0 Å². The fourth-order valence-electron chi connectivity index (χ4n) is 2.90. The van der Waals surface area contributed by atoms with Crippen molar-refractivity contribution in [2.45, 2.75) is 51.3 Å². The zero-order chi connectivity index (χ0) is 15.5. The van der Waals surface area contributed by atoms with Crippen LogP contribution in [0.15, 0.2) is 23.7 Å². The zero-order valence-electron chi connectivity index (χ0n) is 12.7. The van der Waals surface area contributed by atoms with E-state index in [-0.39, 0.29) is 11.9 Å². The first kappa shape index (κ1) is 15.2. The van der Waals surface area contributed by atoms with Crippen LogP contribution in [0.5, 0.6) is 0 Å². The summed E-state index contributed by atoms with van der Waals surface area (Å²) in [6, 6.07) is 3.74. The van der Waals surface area contributed by atoms with Gasteiger partial charge in [-0.05, 0) is 44.1 Å². The number of fused-ring (bicyclic) bond motifs is 1. The number of carbonyl (C=O) groups is 1. The van der Waals surface area contributed by atoms with Gasteiger partial charge < -0.3 is 10.4 Å². The maximum Gasteiger partial charge on any atom is 0.254 e. The standard InChI is InChI=1S/C16H21N3O2S/c1-11(9-14(20)15-6-4-8-22-15)18-16(21)12-10-17-19-7-3-2-5-13(12)19/h4,6,8,10-11,14,20H,2-3,5,7,9H2,1H3,(H,18,21)/t11-,14-/m1/s1. The quantitative estimate of drug-likeness (QED) is 0.890. The van der Waals surface area contributed by atoms with E-state index in [1.54, 1.807) is 6.20 Å². The Morgan fingerprint density at radius 2 is 2.41 bits per heavy atom. The first-order chi connectivity index (χ1) is 10.6. The number of aliphatic hydroxyl groups excluding tert-OH is 1. The molecule has 0 aliphatic carbocycles. The molecule has 0 aromatic carbocycles. The molecule has 2 N–H and O–H groups in total. The zero-order valence-corrected chi connectivity index (χ0v) is 13.5. The lowest BCUT2D eigenvalue weighted by atomic mass is 10.1.